The van der Waals surface area contributed by atoms with Crippen LogP contribution in [0.2, 0.25) is 0 Å². The van der Waals surface area contributed by atoms with Gasteiger partial charge in [0.05, 0.1) is 21.9 Å². The van der Waals surface area contributed by atoms with Crippen molar-refractivity contribution in [1.82, 2.24) is 4.90 Å². The summed E-state index contributed by atoms with van der Waals surface area (Å²) in [6.45, 7) is 12.8. The number of carbonyl (C=O) groups excluding carboxylic acids is 1. The molecule has 6 nitrogen and oxygen atoms in total. The molecule has 29 heavy (non-hydrogen) atoms. The summed E-state index contributed by atoms with van der Waals surface area (Å²) in [6.07, 6.45) is 0.726. The first-order chi connectivity index (χ1) is 13.3. The third-order valence-corrected chi connectivity index (χ3v) is 8.21. The van der Waals surface area contributed by atoms with Gasteiger partial charge in [0.1, 0.15) is 0 Å². The van der Waals surface area contributed by atoms with E-state index in [1.807, 2.05) is 41.5 Å². The minimum atomic E-state index is -3.42. The molecule has 2 aliphatic heterocycles. The molecule has 0 aromatic heterocycles. The second kappa shape index (κ2) is 7.71. The Morgan fingerprint density at radius 2 is 1.69 bits per heavy atom. The van der Waals surface area contributed by atoms with Crippen molar-refractivity contribution >= 4 is 28.3 Å². The number of rotatable bonds is 5. The summed E-state index contributed by atoms with van der Waals surface area (Å²) in [7, 11) is -3.93. The van der Waals surface area contributed by atoms with Crippen LogP contribution in [0.15, 0.2) is 29.2 Å². The zero-order valence-electron chi connectivity index (χ0n) is 18.3. The summed E-state index contributed by atoms with van der Waals surface area (Å²) in [6, 6.07) is 6.78. The molecule has 2 saturated heterocycles. The van der Waals surface area contributed by atoms with Gasteiger partial charge in [-0.1, -0.05) is 26.0 Å². The summed E-state index contributed by atoms with van der Waals surface area (Å²) >= 11 is 0. The van der Waals surface area contributed by atoms with Crippen molar-refractivity contribution in [3.05, 3.63) is 24.3 Å². The van der Waals surface area contributed by atoms with E-state index in [4.69, 9.17) is 9.31 Å². The molecule has 160 valence electrons. The first-order valence-corrected chi connectivity index (χ1v) is 11.9. The molecule has 0 radical (unpaired) electrons. The highest BCUT2D eigenvalue weighted by molar-refractivity contribution is 7.91. The van der Waals surface area contributed by atoms with E-state index >= 15 is 0 Å². The van der Waals surface area contributed by atoms with Crippen LogP contribution in [0.25, 0.3) is 0 Å². The number of sulfone groups is 1. The second-order valence-corrected chi connectivity index (χ2v) is 11.6. The Hall–Kier alpha value is -1.38. The fraction of sp³-hybridized carbons (Fsp3) is 0.667. The SMILES string of the molecule is CC(C)C(=O)N1CCC(CS(=O)(=O)c2ccc(B3OC(C)(C)C(C)(C)O3)cc2)C1. The highest BCUT2D eigenvalue weighted by Gasteiger charge is 2.51. The normalized spacial score (nSPS) is 23.8. The molecule has 2 fully saturated rings. The van der Waals surface area contributed by atoms with Gasteiger partial charge in [-0.15, -0.1) is 0 Å². The maximum absolute atomic E-state index is 12.9. The van der Waals surface area contributed by atoms with E-state index in [0.717, 1.165) is 11.9 Å². The Labute approximate surface area is 175 Å². The van der Waals surface area contributed by atoms with E-state index < -0.39 is 28.2 Å². The Balaban J connectivity index is 1.66. The Bertz CT molecular complexity index is 848. The molecule has 1 atom stereocenters. The number of likely N-dealkylation sites (tertiary alicyclic amines) is 1. The van der Waals surface area contributed by atoms with Crippen LogP contribution in [0.3, 0.4) is 0 Å². The molecule has 0 saturated carbocycles. The lowest BCUT2D eigenvalue weighted by Gasteiger charge is -2.32. The minimum absolute atomic E-state index is 0.0227. The van der Waals surface area contributed by atoms with Crippen molar-refractivity contribution < 1.29 is 22.5 Å². The van der Waals surface area contributed by atoms with Gasteiger partial charge in [0.2, 0.25) is 5.91 Å². The van der Waals surface area contributed by atoms with Gasteiger partial charge in [0, 0.05) is 19.0 Å². The zero-order chi connectivity index (χ0) is 21.6. The van der Waals surface area contributed by atoms with Crippen LogP contribution in [0.5, 0.6) is 0 Å². The Kier molecular flexibility index (Phi) is 5.93. The average molecular weight is 421 g/mol. The lowest BCUT2D eigenvalue weighted by Crippen LogP contribution is -2.41. The van der Waals surface area contributed by atoms with Gasteiger partial charge in [-0.25, -0.2) is 8.42 Å². The van der Waals surface area contributed by atoms with Crippen LogP contribution in [0.4, 0.5) is 0 Å². The molecule has 0 N–H and O–H groups in total. The molecule has 1 amide bonds. The monoisotopic (exact) mass is 421 g/mol. The average Bonchev–Trinajstić information content (AvgIpc) is 3.15. The van der Waals surface area contributed by atoms with Crippen LogP contribution in [-0.4, -0.2) is 56.4 Å². The summed E-state index contributed by atoms with van der Waals surface area (Å²) in [5, 5.41) is 0. The Morgan fingerprint density at radius 3 is 2.21 bits per heavy atom. The number of hydrogen-bond donors (Lipinski definition) is 0. The predicted octanol–water partition coefficient (Wildman–Crippen LogP) is 2.26. The van der Waals surface area contributed by atoms with E-state index in [1.165, 1.54) is 0 Å². The fourth-order valence-corrected chi connectivity index (χ4v) is 5.39. The molecule has 3 rings (SSSR count). The summed E-state index contributed by atoms with van der Waals surface area (Å²) in [5.41, 5.74) is -0.0777. The van der Waals surface area contributed by atoms with Gasteiger partial charge in [0.25, 0.3) is 0 Å². The standard InChI is InChI=1S/C21H32BNO5S/c1-15(2)19(24)23-12-11-16(13-23)14-29(25,26)18-9-7-17(8-10-18)22-27-20(3,4)21(5,6)28-22/h7-10,15-16H,11-14H2,1-6H3. The quantitative estimate of drug-likeness (QED) is 0.682. The largest absolute Gasteiger partial charge is 0.494 e. The lowest BCUT2D eigenvalue weighted by atomic mass is 9.79. The van der Waals surface area contributed by atoms with Gasteiger partial charge < -0.3 is 14.2 Å². The van der Waals surface area contributed by atoms with Crippen molar-refractivity contribution in [3.63, 3.8) is 0 Å². The van der Waals surface area contributed by atoms with Crippen LogP contribution in [0, 0.1) is 11.8 Å². The number of benzene rings is 1. The van der Waals surface area contributed by atoms with Crippen LogP contribution >= 0.6 is 0 Å². The molecule has 1 unspecified atom stereocenters. The Morgan fingerprint density at radius 1 is 1.14 bits per heavy atom. The van der Waals surface area contributed by atoms with Gasteiger partial charge in [-0.3, -0.25) is 4.79 Å². The molecular formula is C21H32BNO5S. The zero-order valence-corrected chi connectivity index (χ0v) is 19.1. The van der Waals surface area contributed by atoms with Crippen molar-refractivity contribution in [2.75, 3.05) is 18.8 Å². The summed E-state index contributed by atoms with van der Waals surface area (Å²) < 4.78 is 37.8. The number of hydrogen-bond acceptors (Lipinski definition) is 5. The highest BCUT2D eigenvalue weighted by Crippen LogP contribution is 2.36. The topological polar surface area (TPSA) is 72.9 Å². The third-order valence-electron chi connectivity index (χ3n) is 6.31. The number of carbonyl (C=O) groups is 1. The highest BCUT2D eigenvalue weighted by atomic mass is 32.2. The first-order valence-electron chi connectivity index (χ1n) is 10.3. The van der Waals surface area contributed by atoms with E-state index in [2.05, 4.69) is 0 Å². The van der Waals surface area contributed by atoms with E-state index in [0.29, 0.717) is 18.0 Å². The van der Waals surface area contributed by atoms with Gasteiger partial charge in [0.15, 0.2) is 9.84 Å². The van der Waals surface area contributed by atoms with Crippen LogP contribution < -0.4 is 5.46 Å². The van der Waals surface area contributed by atoms with Crippen molar-refractivity contribution in [2.24, 2.45) is 11.8 Å². The van der Waals surface area contributed by atoms with E-state index in [-0.39, 0.29) is 23.5 Å². The fourth-order valence-electron chi connectivity index (χ4n) is 3.75. The van der Waals surface area contributed by atoms with Crippen molar-refractivity contribution in [2.45, 2.75) is 64.1 Å². The third kappa shape index (κ3) is 4.54. The van der Waals surface area contributed by atoms with Crippen LogP contribution in [0.1, 0.15) is 48.0 Å². The van der Waals surface area contributed by atoms with Gasteiger partial charge in [-0.2, -0.15) is 0 Å². The number of amides is 1. The smallest absolute Gasteiger partial charge is 0.399 e. The molecule has 0 bridgehead atoms. The molecule has 0 spiro atoms. The molecule has 1 aromatic carbocycles. The van der Waals surface area contributed by atoms with Gasteiger partial charge in [-0.05, 0) is 57.6 Å². The lowest BCUT2D eigenvalue weighted by molar-refractivity contribution is -0.133. The van der Waals surface area contributed by atoms with Gasteiger partial charge >= 0.3 is 7.12 Å². The maximum Gasteiger partial charge on any atom is 0.494 e. The predicted molar refractivity (Wildman–Crippen MR) is 114 cm³/mol. The molecule has 2 aliphatic rings. The molecule has 2 heterocycles. The second-order valence-electron chi connectivity index (χ2n) is 9.53. The molecular weight excluding hydrogens is 389 g/mol. The molecule has 0 aliphatic carbocycles. The first kappa shape index (κ1) is 22.3. The van der Waals surface area contributed by atoms with E-state index in [9.17, 15) is 13.2 Å². The van der Waals surface area contributed by atoms with E-state index in [1.54, 1.807) is 29.2 Å². The molecule has 8 heteroatoms. The summed E-state index contributed by atoms with van der Waals surface area (Å²) in [4.78, 5) is 14.2. The van der Waals surface area contributed by atoms with Crippen molar-refractivity contribution in [1.29, 1.82) is 0 Å². The minimum Gasteiger partial charge on any atom is -0.399 e. The number of nitrogens with zero attached hydrogens (tertiary/aromatic N) is 1. The summed E-state index contributed by atoms with van der Waals surface area (Å²) in [5.74, 6) is 0.0695. The molecule has 1 aromatic rings. The maximum atomic E-state index is 12.9. The van der Waals surface area contributed by atoms with Crippen molar-refractivity contribution in [3.8, 4) is 0 Å². The van der Waals surface area contributed by atoms with Crippen LogP contribution in [-0.2, 0) is 23.9 Å².